The Kier molecular flexibility index (Phi) is 5.06. The molecule has 0 aromatic carbocycles. The number of hydrogen-bond donors (Lipinski definition) is 4. The summed E-state index contributed by atoms with van der Waals surface area (Å²) in [6, 6.07) is -0.722. The number of nitrogens with two attached hydrogens (primary N) is 1. The zero-order valence-electron chi connectivity index (χ0n) is 8.58. The Labute approximate surface area is 86.3 Å². The van der Waals surface area contributed by atoms with Crippen molar-refractivity contribution in [1.29, 1.82) is 0 Å². The maximum atomic E-state index is 12.7. The normalized spacial score (nSPS) is 18.1. The molecule has 90 valence electrons. The molecule has 0 aliphatic heterocycles. The fourth-order valence-corrected chi connectivity index (χ4v) is 0.727. The monoisotopic (exact) mass is 226 g/mol. The average molecular weight is 226 g/mol. The lowest BCUT2D eigenvalue weighted by atomic mass is 10.1. The Morgan fingerprint density at radius 2 is 1.93 bits per heavy atom. The number of aliphatic hydroxyl groups excluding tert-OH is 2. The Bertz CT molecular complexity index is 224. The first kappa shape index (κ1) is 14.2. The summed E-state index contributed by atoms with van der Waals surface area (Å²) in [5, 5.41) is 20.0. The lowest BCUT2D eigenvalue weighted by Gasteiger charge is -2.23. The molecule has 15 heavy (non-hydrogen) atoms. The lowest BCUT2D eigenvalue weighted by molar-refractivity contribution is -0.153. The van der Waals surface area contributed by atoms with E-state index < -0.39 is 36.6 Å². The molecule has 7 heteroatoms. The highest BCUT2D eigenvalue weighted by Gasteiger charge is 2.42. The Morgan fingerprint density at radius 3 is 2.27 bits per heavy atom. The van der Waals surface area contributed by atoms with Crippen molar-refractivity contribution in [2.24, 2.45) is 5.73 Å². The average Bonchev–Trinajstić information content (AvgIpc) is 2.16. The number of halogens is 2. The molecule has 0 radical (unpaired) electrons. The zero-order valence-corrected chi connectivity index (χ0v) is 8.58. The van der Waals surface area contributed by atoms with Crippen LogP contribution in [0, 0.1) is 0 Å². The van der Waals surface area contributed by atoms with Gasteiger partial charge in [-0.05, 0) is 13.8 Å². The molecule has 0 saturated carbocycles. The molecule has 0 heterocycles. The predicted octanol–water partition coefficient (Wildman–Crippen LogP) is -1.17. The maximum absolute atomic E-state index is 12.7. The molecule has 3 atom stereocenters. The highest BCUT2D eigenvalue weighted by atomic mass is 19.3. The first-order valence-corrected chi connectivity index (χ1v) is 4.46. The van der Waals surface area contributed by atoms with Gasteiger partial charge in [0.15, 0.2) is 6.10 Å². The topological polar surface area (TPSA) is 95.6 Å². The van der Waals surface area contributed by atoms with Crippen molar-refractivity contribution in [3.05, 3.63) is 0 Å². The van der Waals surface area contributed by atoms with Crippen LogP contribution in [0.1, 0.15) is 13.8 Å². The zero-order chi connectivity index (χ0) is 12.2. The van der Waals surface area contributed by atoms with Crippen molar-refractivity contribution in [2.75, 3.05) is 6.54 Å². The molecular formula is C8H16F2N2O3. The van der Waals surface area contributed by atoms with E-state index in [1.807, 2.05) is 5.32 Å². The number of hydrogen-bond acceptors (Lipinski definition) is 4. The molecule has 0 aliphatic rings. The van der Waals surface area contributed by atoms with Gasteiger partial charge in [-0.25, -0.2) is 8.78 Å². The molecule has 0 spiro atoms. The first-order valence-electron chi connectivity index (χ1n) is 4.46. The molecule has 0 bridgehead atoms. The second kappa shape index (κ2) is 5.34. The van der Waals surface area contributed by atoms with Gasteiger partial charge in [-0.1, -0.05) is 0 Å². The van der Waals surface area contributed by atoms with Crippen LogP contribution in [0.2, 0.25) is 0 Å². The number of aliphatic hydroxyl groups is 2. The standard InChI is InChI=1S/C8H16F2N2O3/c1-4(5(2)13)12-7(15)6(14)8(9,10)3-11/h4-6,13-14H,3,11H2,1-2H3,(H,12,15). The second-order valence-corrected chi connectivity index (χ2v) is 3.41. The second-order valence-electron chi connectivity index (χ2n) is 3.41. The van der Waals surface area contributed by atoms with Crippen molar-refractivity contribution < 1.29 is 23.8 Å². The molecule has 0 aliphatic carbocycles. The van der Waals surface area contributed by atoms with Crippen molar-refractivity contribution >= 4 is 5.91 Å². The van der Waals surface area contributed by atoms with Crippen LogP contribution in [0.15, 0.2) is 0 Å². The Morgan fingerprint density at radius 1 is 1.47 bits per heavy atom. The molecule has 5 nitrogen and oxygen atoms in total. The van der Waals surface area contributed by atoms with E-state index in [-0.39, 0.29) is 0 Å². The summed E-state index contributed by atoms with van der Waals surface area (Å²) in [7, 11) is 0. The number of alkyl halides is 2. The van der Waals surface area contributed by atoms with E-state index in [0.717, 1.165) is 0 Å². The van der Waals surface area contributed by atoms with Gasteiger partial charge in [-0.15, -0.1) is 0 Å². The van der Waals surface area contributed by atoms with E-state index >= 15 is 0 Å². The van der Waals surface area contributed by atoms with E-state index in [1.165, 1.54) is 13.8 Å². The summed E-state index contributed by atoms with van der Waals surface area (Å²) in [5.74, 6) is -4.92. The predicted molar refractivity (Wildman–Crippen MR) is 49.3 cm³/mol. The lowest BCUT2D eigenvalue weighted by Crippen LogP contribution is -2.53. The third-order valence-electron chi connectivity index (χ3n) is 2.01. The van der Waals surface area contributed by atoms with Crippen LogP contribution < -0.4 is 11.1 Å². The highest BCUT2D eigenvalue weighted by Crippen LogP contribution is 2.17. The molecule has 0 aromatic rings. The quantitative estimate of drug-likeness (QED) is 0.475. The van der Waals surface area contributed by atoms with E-state index in [0.29, 0.717) is 0 Å². The fraction of sp³-hybridized carbons (Fsp3) is 0.875. The molecule has 0 rings (SSSR count). The largest absolute Gasteiger partial charge is 0.391 e. The van der Waals surface area contributed by atoms with Gasteiger partial charge < -0.3 is 21.3 Å². The van der Waals surface area contributed by atoms with Crippen molar-refractivity contribution in [3.8, 4) is 0 Å². The summed E-state index contributed by atoms with van der Waals surface area (Å²) in [4.78, 5) is 11.1. The number of carbonyl (C=O) groups is 1. The summed E-state index contributed by atoms with van der Waals surface area (Å²) < 4.78 is 25.5. The van der Waals surface area contributed by atoms with Gasteiger partial charge in [0, 0.05) is 0 Å². The van der Waals surface area contributed by atoms with Crippen LogP contribution in [0.5, 0.6) is 0 Å². The van der Waals surface area contributed by atoms with Gasteiger partial charge >= 0.3 is 0 Å². The minimum absolute atomic E-state index is 0.722. The third-order valence-corrected chi connectivity index (χ3v) is 2.01. The SMILES string of the molecule is CC(O)C(C)NC(=O)C(O)C(F)(F)CN. The Balaban J connectivity index is 4.34. The third kappa shape index (κ3) is 4.06. The van der Waals surface area contributed by atoms with Crippen LogP contribution in [0.3, 0.4) is 0 Å². The summed E-state index contributed by atoms with van der Waals surface area (Å²) in [6.45, 7) is 1.69. The van der Waals surface area contributed by atoms with Crippen LogP contribution in [-0.4, -0.2) is 46.8 Å². The van der Waals surface area contributed by atoms with Gasteiger partial charge in [-0.2, -0.15) is 0 Å². The smallest absolute Gasteiger partial charge is 0.294 e. The van der Waals surface area contributed by atoms with Crippen molar-refractivity contribution in [2.45, 2.75) is 38.0 Å². The maximum Gasteiger partial charge on any atom is 0.294 e. The minimum Gasteiger partial charge on any atom is -0.391 e. The number of amides is 1. The van der Waals surface area contributed by atoms with E-state index in [9.17, 15) is 13.6 Å². The van der Waals surface area contributed by atoms with E-state index in [4.69, 9.17) is 15.9 Å². The van der Waals surface area contributed by atoms with Gasteiger partial charge in [0.1, 0.15) is 0 Å². The van der Waals surface area contributed by atoms with Crippen molar-refractivity contribution in [1.82, 2.24) is 5.32 Å². The van der Waals surface area contributed by atoms with Gasteiger partial charge in [0.25, 0.3) is 11.8 Å². The number of carbonyl (C=O) groups excluding carboxylic acids is 1. The molecular weight excluding hydrogens is 210 g/mol. The van der Waals surface area contributed by atoms with Gasteiger partial charge in [-0.3, -0.25) is 4.79 Å². The highest BCUT2D eigenvalue weighted by molar-refractivity contribution is 5.81. The number of rotatable bonds is 5. The number of nitrogens with one attached hydrogen (secondary N) is 1. The van der Waals surface area contributed by atoms with Crippen LogP contribution in [0.25, 0.3) is 0 Å². The summed E-state index contributed by atoms with van der Waals surface area (Å²) in [6.07, 6.45) is -3.39. The molecule has 1 amide bonds. The van der Waals surface area contributed by atoms with Crippen molar-refractivity contribution in [3.63, 3.8) is 0 Å². The first-order chi connectivity index (χ1) is 6.72. The van der Waals surface area contributed by atoms with Crippen LogP contribution in [0.4, 0.5) is 8.78 Å². The molecule has 0 fully saturated rings. The van der Waals surface area contributed by atoms with Crippen LogP contribution in [-0.2, 0) is 4.79 Å². The molecule has 0 aromatic heterocycles. The van der Waals surface area contributed by atoms with E-state index in [1.54, 1.807) is 0 Å². The van der Waals surface area contributed by atoms with Crippen LogP contribution >= 0.6 is 0 Å². The van der Waals surface area contributed by atoms with Gasteiger partial charge in [0.05, 0.1) is 18.7 Å². The summed E-state index contributed by atoms with van der Waals surface area (Å²) >= 11 is 0. The molecule has 0 saturated heterocycles. The molecule has 3 unspecified atom stereocenters. The summed E-state index contributed by atoms with van der Waals surface area (Å²) in [5.41, 5.74) is 4.70. The molecule has 5 N–H and O–H groups in total. The fourth-order valence-electron chi connectivity index (χ4n) is 0.727. The van der Waals surface area contributed by atoms with E-state index in [2.05, 4.69) is 0 Å². The van der Waals surface area contributed by atoms with Gasteiger partial charge in [0.2, 0.25) is 0 Å². The Hall–Kier alpha value is -0.790. The minimum atomic E-state index is -3.66.